The van der Waals surface area contributed by atoms with Crippen molar-refractivity contribution in [3.05, 3.63) is 82.0 Å². The number of benzene rings is 2. The van der Waals surface area contributed by atoms with Gasteiger partial charge >= 0.3 is 0 Å². The van der Waals surface area contributed by atoms with Crippen LogP contribution >= 0.6 is 0 Å². The van der Waals surface area contributed by atoms with Crippen molar-refractivity contribution in [2.24, 2.45) is 0 Å². The van der Waals surface area contributed by atoms with E-state index in [2.05, 4.69) is 19.9 Å². The van der Waals surface area contributed by atoms with Gasteiger partial charge in [0, 0.05) is 11.6 Å². The maximum absolute atomic E-state index is 12.4. The molecule has 0 N–H and O–H groups in total. The van der Waals surface area contributed by atoms with Crippen molar-refractivity contribution < 1.29 is 4.42 Å². The molecule has 0 saturated carbocycles. The summed E-state index contributed by atoms with van der Waals surface area (Å²) in [5, 5.41) is 0.638. The molecule has 0 fully saturated rings. The highest BCUT2D eigenvalue weighted by Crippen LogP contribution is 2.24. The predicted molar refractivity (Wildman–Crippen MR) is 91.1 cm³/mol. The van der Waals surface area contributed by atoms with E-state index in [-0.39, 0.29) is 5.43 Å². The summed E-state index contributed by atoms with van der Waals surface area (Å²) in [6, 6.07) is 17.0. The third-order valence-electron chi connectivity index (χ3n) is 3.62. The van der Waals surface area contributed by atoms with E-state index >= 15 is 0 Å². The van der Waals surface area contributed by atoms with Crippen LogP contribution < -0.4 is 5.43 Å². The molecule has 3 aromatic rings. The number of fused-ring (bicyclic) bond motifs is 1. The molecule has 2 aromatic carbocycles. The summed E-state index contributed by atoms with van der Waals surface area (Å²) in [6.07, 6.45) is 2.91. The summed E-state index contributed by atoms with van der Waals surface area (Å²) in [4.78, 5) is 12.4. The van der Waals surface area contributed by atoms with Crippen molar-refractivity contribution in [1.29, 1.82) is 0 Å². The Morgan fingerprint density at radius 1 is 1.05 bits per heavy atom. The second-order valence-electron chi connectivity index (χ2n) is 5.62. The molecule has 1 aromatic heterocycles. The standard InChI is InChI=1S/C20H18O2/c1-14(2)11-12-16-9-6-10-17-18(21)13-19(22-20(16)17)15-7-4-3-5-8-15/h3-11,13H,12H2,1-2H3. The third-order valence-corrected chi connectivity index (χ3v) is 3.62. The lowest BCUT2D eigenvalue weighted by atomic mass is 10.1. The Balaban J connectivity index is 2.21. The molecule has 0 saturated heterocycles. The first kappa shape index (κ1) is 14.3. The van der Waals surface area contributed by atoms with Gasteiger partial charge in [0.15, 0.2) is 5.43 Å². The van der Waals surface area contributed by atoms with Crippen LogP contribution in [0, 0.1) is 0 Å². The summed E-state index contributed by atoms with van der Waals surface area (Å²) < 4.78 is 6.06. The largest absolute Gasteiger partial charge is 0.456 e. The van der Waals surface area contributed by atoms with E-state index in [9.17, 15) is 4.79 Å². The number of hydrogen-bond acceptors (Lipinski definition) is 2. The monoisotopic (exact) mass is 290 g/mol. The molecule has 0 amide bonds. The molecule has 0 spiro atoms. The first-order valence-corrected chi connectivity index (χ1v) is 7.39. The second kappa shape index (κ2) is 6.02. The van der Waals surface area contributed by atoms with E-state index in [0.717, 1.165) is 17.5 Å². The molecular weight excluding hydrogens is 272 g/mol. The molecule has 2 nitrogen and oxygen atoms in total. The van der Waals surface area contributed by atoms with Gasteiger partial charge in [-0.2, -0.15) is 0 Å². The van der Waals surface area contributed by atoms with Crippen LogP contribution in [0.1, 0.15) is 19.4 Å². The fraction of sp³-hybridized carbons (Fsp3) is 0.150. The molecule has 0 aliphatic rings. The number of hydrogen-bond donors (Lipinski definition) is 0. The molecule has 0 atom stereocenters. The van der Waals surface area contributed by atoms with Gasteiger partial charge in [-0.25, -0.2) is 0 Å². The quantitative estimate of drug-likeness (QED) is 0.638. The average molecular weight is 290 g/mol. The van der Waals surface area contributed by atoms with E-state index in [1.54, 1.807) is 6.07 Å². The van der Waals surface area contributed by atoms with Gasteiger partial charge in [-0.1, -0.05) is 54.1 Å². The molecule has 0 aliphatic heterocycles. The van der Waals surface area contributed by atoms with Gasteiger partial charge in [0.1, 0.15) is 11.3 Å². The maximum Gasteiger partial charge on any atom is 0.193 e. The van der Waals surface area contributed by atoms with Crippen LogP contribution in [-0.2, 0) is 6.42 Å². The minimum atomic E-state index is -0.000784. The zero-order chi connectivity index (χ0) is 15.5. The highest BCUT2D eigenvalue weighted by molar-refractivity contribution is 5.81. The van der Waals surface area contributed by atoms with Crippen LogP contribution in [0.5, 0.6) is 0 Å². The van der Waals surface area contributed by atoms with Crippen LogP contribution in [0.25, 0.3) is 22.3 Å². The fourth-order valence-electron chi connectivity index (χ4n) is 2.46. The van der Waals surface area contributed by atoms with Gasteiger partial charge in [0.05, 0.1) is 5.39 Å². The lowest BCUT2D eigenvalue weighted by molar-refractivity contribution is 0.615. The van der Waals surface area contributed by atoms with Crippen molar-refractivity contribution in [2.75, 3.05) is 0 Å². The Morgan fingerprint density at radius 3 is 2.55 bits per heavy atom. The van der Waals surface area contributed by atoms with Gasteiger partial charge in [-0.15, -0.1) is 0 Å². The zero-order valence-electron chi connectivity index (χ0n) is 12.8. The number of para-hydroxylation sites is 1. The molecule has 0 bridgehead atoms. The second-order valence-corrected chi connectivity index (χ2v) is 5.62. The fourth-order valence-corrected chi connectivity index (χ4v) is 2.46. The van der Waals surface area contributed by atoms with E-state index in [1.807, 2.05) is 48.5 Å². The molecule has 110 valence electrons. The normalized spacial score (nSPS) is 10.6. The molecule has 22 heavy (non-hydrogen) atoms. The zero-order valence-corrected chi connectivity index (χ0v) is 12.8. The van der Waals surface area contributed by atoms with Crippen LogP contribution in [0.3, 0.4) is 0 Å². The molecule has 1 heterocycles. The molecule has 0 aliphatic carbocycles. The van der Waals surface area contributed by atoms with Crippen LogP contribution in [0.4, 0.5) is 0 Å². The maximum atomic E-state index is 12.4. The van der Waals surface area contributed by atoms with Gasteiger partial charge in [-0.05, 0) is 31.9 Å². The van der Waals surface area contributed by atoms with Crippen LogP contribution in [0.2, 0.25) is 0 Å². The van der Waals surface area contributed by atoms with E-state index in [1.165, 1.54) is 5.57 Å². The average Bonchev–Trinajstić information content (AvgIpc) is 2.53. The molecule has 0 radical (unpaired) electrons. The van der Waals surface area contributed by atoms with Gasteiger partial charge in [-0.3, -0.25) is 4.79 Å². The number of rotatable bonds is 3. The predicted octanol–water partition coefficient (Wildman–Crippen LogP) is 4.97. The van der Waals surface area contributed by atoms with E-state index in [4.69, 9.17) is 4.42 Å². The first-order valence-electron chi connectivity index (χ1n) is 7.39. The SMILES string of the molecule is CC(C)=CCc1cccc2c(=O)cc(-c3ccccc3)oc12. The summed E-state index contributed by atoms with van der Waals surface area (Å²) >= 11 is 0. The lowest BCUT2D eigenvalue weighted by Crippen LogP contribution is -2.02. The highest BCUT2D eigenvalue weighted by Gasteiger charge is 2.09. The minimum absolute atomic E-state index is 0.000784. The highest BCUT2D eigenvalue weighted by atomic mass is 16.3. The Kier molecular flexibility index (Phi) is 3.92. The van der Waals surface area contributed by atoms with Crippen LogP contribution in [-0.4, -0.2) is 0 Å². The third kappa shape index (κ3) is 2.86. The summed E-state index contributed by atoms with van der Waals surface area (Å²) in [5.74, 6) is 0.614. The van der Waals surface area contributed by atoms with Crippen molar-refractivity contribution in [3.8, 4) is 11.3 Å². The summed E-state index contributed by atoms with van der Waals surface area (Å²) in [5.41, 5.74) is 3.89. The minimum Gasteiger partial charge on any atom is -0.456 e. The summed E-state index contributed by atoms with van der Waals surface area (Å²) in [6.45, 7) is 4.13. The smallest absolute Gasteiger partial charge is 0.193 e. The Labute approximate surface area is 129 Å². The molecule has 2 heteroatoms. The molecule has 3 rings (SSSR count). The number of allylic oxidation sites excluding steroid dienone is 2. The lowest BCUT2D eigenvalue weighted by Gasteiger charge is -2.07. The Bertz CT molecular complexity index is 882. The van der Waals surface area contributed by atoms with Crippen molar-refractivity contribution >= 4 is 11.0 Å². The first-order chi connectivity index (χ1) is 10.6. The van der Waals surface area contributed by atoms with Gasteiger partial charge < -0.3 is 4.42 Å². The van der Waals surface area contributed by atoms with Crippen molar-refractivity contribution in [3.63, 3.8) is 0 Å². The van der Waals surface area contributed by atoms with Crippen molar-refractivity contribution in [2.45, 2.75) is 20.3 Å². The Morgan fingerprint density at radius 2 is 1.82 bits per heavy atom. The van der Waals surface area contributed by atoms with Crippen molar-refractivity contribution in [1.82, 2.24) is 0 Å². The summed E-state index contributed by atoms with van der Waals surface area (Å²) in [7, 11) is 0. The van der Waals surface area contributed by atoms with E-state index < -0.39 is 0 Å². The Hall–Kier alpha value is -2.61. The molecule has 0 unspecified atom stereocenters. The molecular formula is C20H18O2. The van der Waals surface area contributed by atoms with Gasteiger partial charge in [0.2, 0.25) is 0 Å². The topological polar surface area (TPSA) is 30.2 Å². The van der Waals surface area contributed by atoms with E-state index in [0.29, 0.717) is 16.7 Å². The van der Waals surface area contributed by atoms with Gasteiger partial charge in [0.25, 0.3) is 0 Å². The van der Waals surface area contributed by atoms with Crippen LogP contribution in [0.15, 0.2) is 75.5 Å².